The second kappa shape index (κ2) is 7.26. The molecule has 0 rings (SSSR count). The molecule has 88 valence electrons. The number of nitrogens with one attached hydrogen (secondary N) is 1. The average Bonchev–Trinajstić information content (AvgIpc) is 2.15. The van der Waals surface area contributed by atoms with Crippen LogP contribution in [0.2, 0.25) is 0 Å². The quantitative estimate of drug-likeness (QED) is 0.683. The van der Waals surface area contributed by atoms with Gasteiger partial charge in [0, 0.05) is 12.5 Å². The number of carbonyl (C=O) groups excluding carboxylic acids is 2. The number of rotatable bonds is 6. The molecule has 0 saturated heterocycles. The molecule has 0 radical (unpaired) electrons. The minimum absolute atomic E-state index is 0.0933. The third-order valence-corrected chi connectivity index (χ3v) is 2.25. The van der Waals surface area contributed by atoms with E-state index in [0.29, 0.717) is 12.5 Å². The van der Waals surface area contributed by atoms with Crippen molar-refractivity contribution < 1.29 is 14.3 Å². The molecule has 0 unspecified atom stereocenters. The number of hydrogen-bond donors (Lipinski definition) is 1. The molecule has 0 aromatic rings. The van der Waals surface area contributed by atoms with E-state index >= 15 is 0 Å². The molecule has 0 aromatic carbocycles. The van der Waals surface area contributed by atoms with E-state index in [1.165, 1.54) is 0 Å². The Labute approximate surface area is 91.4 Å². The average molecular weight is 215 g/mol. The van der Waals surface area contributed by atoms with Crippen LogP contribution in [-0.4, -0.2) is 24.5 Å². The van der Waals surface area contributed by atoms with Crippen molar-refractivity contribution in [2.75, 3.05) is 6.61 Å². The lowest BCUT2D eigenvalue weighted by Crippen LogP contribution is -2.36. The third-order valence-electron chi connectivity index (χ3n) is 2.25. The van der Waals surface area contributed by atoms with Crippen LogP contribution in [0, 0.1) is 5.92 Å². The first-order valence-electron chi connectivity index (χ1n) is 5.42. The lowest BCUT2D eigenvalue weighted by Gasteiger charge is -2.17. The van der Waals surface area contributed by atoms with E-state index in [1.54, 1.807) is 6.92 Å². The number of amides is 1. The predicted molar refractivity (Wildman–Crippen MR) is 58.3 cm³/mol. The lowest BCUT2D eigenvalue weighted by atomic mass is 10.1. The molecule has 1 amide bonds. The van der Waals surface area contributed by atoms with E-state index in [9.17, 15) is 9.59 Å². The summed E-state index contributed by atoms with van der Waals surface area (Å²) in [4.78, 5) is 22.3. The highest BCUT2D eigenvalue weighted by atomic mass is 16.5. The second-order valence-corrected chi connectivity index (χ2v) is 3.91. The van der Waals surface area contributed by atoms with E-state index in [4.69, 9.17) is 4.74 Å². The Balaban J connectivity index is 3.70. The summed E-state index contributed by atoms with van der Waals surface area (Å²) in [6.45, 7) is 8.14. The van der Waals surface area contributed by atoms with Gasteiger partial charge in [-0.3, -0.25) is 9.59 Å². The van der Waals surface area contributed by atoms with Crippen LogP contribution in [0.15, 0.2) is 0 Å². The Bertz CT molecular complexity index is 214. The van der Waals surface area contributed by atoms with Crippen molar-refractivity contribution in [3.05, 3.63) is 0 Å². The van der Waals surface area contributed by atoms with Gasteiger partial charge in [-0.25, -0.2) is 0 Å². The SMILES string of the molecule is CCOC(=O)CCC(=O)N[C@H](C)C(C)C. The summed E-state index contributed by atoms with van der Waals surface area (Å²) in [6, 6.07) is 0.139. The van der Waals surface area contributed by atoms with Gasteiger partial charge < -0.3 is 10.1 Å². The molecule has 0 aliphatic carbocycles. The summed E-state index contributed by atoms with van der Waals surface area (Å²) in [5, 5.41) is 2.83. The van der Waals surface area contributed by atoms with Crippen LogP contribution in [0.1, 0.15) is 40.5 Å². The number of esters is 1. The van der Waals surface area contributed by atoms with E-state index < -0.39 is 0 Å². The van der Waals surface area contributed by atoms with Crippen LogP contribution in [0.4, 0.5) is 0 Å². The van der Waals surface area contributed by atoms with Crippen molar-refractivity contribution in [1.29, 1.82) is 0 Å². The normalized spacial score (nSPS) is 12.3. The number of hydrogen-bond acceptors (Lipinski definition) is 3. The van der Waals surface area contributed by atoms with Crippen molar-refractivity contribution in [2.24, 2.45) is 5.92 Å². The van der Waals surface area contributed by atoms with Crippen molar-refractivity contribution >= 4 is 11.9 Å². The van der Waals surface area contributed by atoms with Crippen LogP contribution in [-0.2, 0) is 14.3 Å². The second-order valence-electron chi connectivity index (χ2n) is 3.91. The summed E-state index contributed by atoms with van der Waals surface area (Å²) in [7, 11) is 0. The predicted octanol–water partition coefficient (Wildman–Crippen LogP) is 1.49. The molecule has 1 N–H and O–H groups in total. The molecule has 0 aromatic heterocycles. The van der Waals surface area contributed by atoms with Crippen LogP contribution in [0.25, 0.3) is 0 Å². The van der Waals surface area contributed by atoms with E-state index in [-0.39, 0.29) is 30.8 Å². The maximum atomic E-state index is 11.3. The van der Waals surface area contributed by atoms with Crippen molar-refractivity contribution in [3.8, 4) is 0 Å². The summed E-state index contributed by atoms with van der Waals surface area (Å²) < 4.78 is 4.73. The topological polar surface area (TPSA) is 55.4 Å². The Morgan fingerprint density at radius 1 is 1.20 bits per heavy atom. The molecule has 0 bridgehead atoms. The van der Waals surface area contributed by atoms with Gasteiger partial charge in [0.25, 0.3) is 0 Å². The summed E-state index contributed by atoms with van der Waals surface area (Å²) >= 11 is 0. The van der Waals surface area contributed by atoms with Gasteiger partial charge >= 0.3 is 5.97 Å². The first-order chi connectivity index (χ1) is 6.97. The van der Waals surface area contributed by atoms with Gasteiger partial charge in [-0.2, -0.15) is 0 Å². The first kappa shape index (κ1) is 13.9. The monoisotopic (exact) mass is 215 g/mol. The fourth-order valence-corrected chi connectivity index (χ4v) is 0.942. The van der Waals surface area contributed by atoms with Gasteiger partial charge in [0.05, 0.1) is 13.0 Å². The fraction of sp³-hybridized carbons (Fsp3) is 0.818. The maximum absolute atomic E-state index is 11.3. The molecular weight excluding hydrogens is 194 g/mol. The standard InChI is InChI=1S/C11H21NO3/c1-5-15-11(14)7-6-10(13)12-9(4)8(2)3/h8-9H,5-7H2,1-4H3,(H,12,13)/t9-/m1/s1. The summed E-state index contributed by atoms with van der Waals surface area (Å²) in [6.07, 6.45) is 0.361. The molecule has 0 aliphatic rings. The highest BCUT2D eigenvalue weighted by Gasteiger charge is 2.12. The van der Waals surface area contributed by atoms with Crippen LogP contribution < -0.4 is 5.32 Å². The zero-order valence-electron chi connectivity index (χ0n) is 10.0. The summed E-state index contributed by atoms with van der Waals surface area (Å²) in [5.41, 5.74) is 0. The molecule has 0 aliphatic heterocycles. The van der Waals surface area contributed by atoms with Gasteiger partial charge in [0.2, 0.25) is 5.91 Å². The summed E-state index contributed by atoms with van der Waals surface area (Å²) in [5.74, 6) is -0.00866. The van der Waals surface area contributed by atoms with E-state index in [1.807, 2.05) is 20.8 Å². The molecular formula is C11H21NO3. The molecule has 0 heterocycles. The van der Waals surface area contributed by atoms with Crippen LogP contribution in [0.5, 0.6) is 0 Å². The lowest BCUT2D eigenvalue weighted by molar-refractivity contribution is -0.144. The van der Waals surface area contributed by atoms with Crippen LogP contribution >= 0.6 is 0 Å². The smallest absolute Gasteiger partial charge is 0.306 e. The molecule has 4 heteroatoms. The van der Waals surface area contributed by atoms with Crippen molar-refractivity contribution in [2.45, 2.75) is 46.6 Å². The molecule has 1 atom stereocenters. The van der Waals surface area contributed by atoms with E-state index in [2.05, 4.69) is 5.32 Å². The first-order valence-corrected chi connectivity index (χ1v) is 5.42. The van der Waals surface area contributed by atoms with Gasteiger partial charge in [-0.05, 0) is 19.8 Å². The van der Waals surface area contributed by atoms with Gasteiger partial charge in [-0.15, -0.1) is 0 Å². The van der Waals surface area contributed by atoms with Gasteiger partial charge in [0.1, 0.15) is 0 Å². The molecule has 15 heavy (non-hydrogen) atoms. The van der Waals surface area contributed by atoms with Crippen molar-refractivity contribution in [3.63, 3.8) is 0 Å². The minimum atomic E-state index is -0.315. The molecule has 0 spiro atoms. The van der Waals surface area contributed by atoms with Crippen molar-refractivity contribution in [1.82, 2.24) is 5.32 Å². The van der Waals surface area contributed by atoms with Gasteiger partial charge in [0.15, 0.2) is 0 Å². The Morgan fingerprint density at radius 3 is 2.27 bits per heavy atom. The van der Waals surface area contributed by atoms with Gasteiger partial charge in [-0.1, -0.05) is 13.8 Å². The maximum Gasteiger partial charge on any atom is 0.306 e. The zero-order valence-corrected chi connectivity index (χ0v) is 10.0. The van der Waals surface area contributed by atoms with E-state index in [0.717, 1.165) is 0 Å². The van der Waals surface area contributed by atoms with Crippen LogP contribution in [0.3, 0.4) is 0 Å². The molecule has 0 saturated carbocycles. The number of ether oxygens (including phenoxy) is 1. The highest BCUT2D eigenvalue weighted by molar-refractivity contribution is 5.81. The molecule has 4 nitrogen and oxygen atoms in total. The largest absolute Gasteiger partial charge is 0.466 e. The Morgan fingerprint density at radius 2 is 1.80 bits per heavy atom. The minimum Gasteiger partial charge on any atom is -0.466 e. The molecule has 0 fully saturated rings. The Kier molecular flexibility index (Phi) is 6.75. The fourth-order valence-electron chi connectivity index (χ4n) is 0.942. The highest BCUT2D eigenvalue weighted by Crippen LogP contribution is 2.01. The number of carbonyl (C=O) groups is 2. The Hall–Kier alpha value is -1.06. The third kappa shape index (κ3) is 6.94. The zero-order chi connectivity index (χ0) is 11.8.